The van der Waals surface area contributed by atoms with Crippen molar-refractivity contribution in [2.45, 2.75) is 66.3 Å². The zero-order chi connectivity index (χ0) is 24.9. The fourth-order valence-corrected chi connectivity index (χ4v) is 2.88. The number of nitrogens with one attached hydrogen (secondary N) is 1. The second kappa shape index (κ2) is 21.0. The third-order valence-corrected chi connectivity index (χ3v) is 4.64. The van der Waals surface area contributed by atoms with Gasteiger partial charge in [0.05, 0.1) is 18.5 Å². The topological polar surface area (TPSA) is 122 Å². The summed E-state index contributed by atoms with van der Waals surface area (Å²) in [7, 11) is 1.81. The molecule has 1 amide bonds. The molecule has 1 aliphatic heterocycles. The van der Waals surface area contributed by atoms with Gasteiger partial charge in [-0.15, -0.1) is 0 Å². The molecule has 1 unspecified atom stereocenters. The minimum absolute atomic E-state index is 0.0696. The Bertz CT molecular complexity index is 529. The molecule has 1 heterocycles. The van der Waals surface area contributed by atoms with E-state index in [9.17, 15) is 19.2 Å². The number of carbonyl (C=O) groups is 4. The predicted molar refractivity (Wildman–Crippen MR) is 127 cm³/mol. The van der Waals surface area contributed by atoms with Crippen LogP contribution < -0.4 is 11.1 Å². The van der Waals surface area contributed by atoms with Crippen molar-refractivity contribution < 1.29 is 23.9 Å². The fraction of sp³-hybridized carbons (Fsp3) is 0.826. The molecule has 9 heteroatoms. The molecule has 0 bridgehead atoms. The lowest BCUT2D eigenvalue weighted by Crippen LogP contribution is -2.57. The Morgan fingerprint density at radius 1 is 1.19 bits per heavy atom. The van der Waals surface area contributed by atoms with Crippen LogP contribution in [0.3, 0.4) is 0 Å². The maximum Gasteiger partial charge on any atom is 0.308 e. The Balaban J connectivity index is 0. The second-order valence-electron chi connectivity index (χ2n) is 7.76. The Morgan fingerprint density at radius 2 is 1.84 bits per heavy atom. The molecule has 3 N–H and O–H groups in total. The molecule has 1 atom stereocenters. The summed E-state index contributed by atoms with van der Waals surface area (Å²) in [5, 5.41) is 2.96. The summed E-state index contributed by atoms with van der Waals surface area (Å²) in [4.78, 5) is 48.7. The third kappa shape index (κ3) is 15.9. The van der Waals surface area contributed by atoms with Gasteiger partial charge in [-0.1, -0.05) is 27.7 Å². The van der Waals surface area contributed by atoms with Crippen molar-refractivity contribution in [1.29, 1.82) is 0 Å². The maximum absolute atomic E-state index is 12.2. The van der Waals surface area contributed by atoms with Crippen molar-refractivity contribution >= 4 is 23.9 Å². The van der Waals surface area contributed by atoms with Gasteiger partial charge in [-0.25, -0.2) is 0 Å². The van der Waals surface area contributed by atoms with Gasteiger partial charge in [-0.2, -0.15) is 0 Å². The molecule has 1 fully saturated rings. The van der Waals surface area contributed by atoms with E-state index < -0.39 is 0 Å². The molecule has 0 aromatic carbocycles. The van der Waals surface area contributed by atoms with Crippen LogP contribution in [0.2, 0.25) is 0 Å². The lowest BCUT2D eigenvalue weighted by molar-refractivity contribution is -0.150. The summed E-state index contributed by atoms with van der Waals surface area (Å²) >= 11 is 0. The van der Waals surface area contributed by atoms with E-state index in [4.69, 9.17) is 10.5 Å². The highest BCUT2D eigenvalue weighted by Gasteiger charge is 2.31. The highest BCUT2D eigenvalue weighted by molar-refractivity contribution is 5.78. The Kier molecular flexibility index (Phi) is 21.3. The van der Waals surface area contributed by atoms with Gasteiger partial charge in [0, 0.05) is 39.0 Å². The molecule has 1 saturated heterocycles. The summed E-state index contributed by atoms with van der Waals surface area (Å²) in [5.74, 6) is -0.290. The summed E-state index contributed by atoms with van der Waals surface area (Å²) < 4.78 is 5.32. The maximum atomic E-state index is 12.2. The average Bonchev–Trinajstić information content (AvgIpc) is 2.78. The number of piperazine rings is 1. The number of nitrogens with zero attached hydrogens (tertiary/aromatic N) is 2. The number of rotatable bonds is 12. The van der Waals surface area contributed by atoms with Gasteiger partial charge in [0.2, 0.25) is 5.91 Å². The predicted octanol–water partition coefficient (Wildman–Crippen LogP) is 1.24. The Morgan fingerprint density at radius 3 is 2.34 bits per heavy atom. The van der Waals surface area contributed by atoms with Gasteiger partial charge in [-0.05, 0) is 33.4 Å². The van der Waals surface area contributed by atoms with Gasteiger partial charge in [-0.3, -0.25) is 19.3 Å². The zero-order valence-electron chi connectivity index (χ0n) is 21.0. The quantitative estimate of drug-likeness (QED) is 0.254. The number of esters is 1. The van der Waals surface area contributed by atoms with Gasteiger partial charge in [0.1, 0.15) is 18.7 Å². The monoisotopic (exact) mass is 458 g/mol. The molecule has 9 nitrogen and oxygen atoms in total. The number of carbonyl (C=O) groups excluding carboxylic acids is 4. The molecule has 1 rings (SSSR count). The van der Waals surface area contributed by atoms with E-state index in [-0.39, 0.29) is 36.2 Å². The fourth-order valence-electron chi connectivity index (χ4n) is 2.88. The van der Waals surface area contributed by atoms with E-state index in [1.54, 1.807) is 25.7 Å². The van der Waals surface area contributed by atoms with Crippen LogP contribution in [0, 0.1) is 5.92 Å². The normalized spacial score (nSPS) is 15.8. The zero-order valence-corrected chi connectivity index (χ0v) is 21.0. The third-order valence-electron chi connectivity index (χ3n) is 4.64. The van der Waals surface area contributed by atoms with E-state index in [1.165, 1.54) is 0 Å². The molecular weight excluding hydrogens is 412 g/mol. The number of amides is 1. The molecule has 0 aromatic rings. The molecule has 0 radical (unpaired) electrons. The molecule has 0 spiro atoms. The van der Waals surface area contributed by atoms with Crippen LogP contribution in [-0.4, -0.2) is 92.7 Å². The van der Waals surface area contributed by atoms with Crippen molar-refractivity contribution in [3.63, 3.8) is 0 Å². The van der Waals surface area contributed by atoms with Crippen LogP contribution in [-0.2, 0) is 23.9 Å². The van der Waals surface area contributed by atoms with Crippen molar-refractivity contribution in [1.82, 2.24) is 15.1 Å². The summed E-state index contributed by atoms with van der Waals surface area (Å²) in [5.41, 5.74) is 5.15. The minimum Gasteiger partial charge on any atom is -0.464 e. The number of unbranched alkanes of at least 4 members (excludes halogenated alkanes) is 2. The van der Waals surface area contributed by atoms with Crippen LogP contribution in [0.5, 0.6) is 0 Å². The first-order valence-corrected chi connectivity index (χ1v) is 11.7. The molecular formula is C23H46N4O5. The van der Waals surface area contributed by atoms with Crippen LogP contribution in [0.4, 0.5) is 0 Å². The van der Waals surface area contributed by atoms with Crippen molar-refractivity contribution in [2.75, 3.05) is 52.9 Å². The molecule has 32 heavy (non-hydrogen) atoms. The van der Waals surface area contributed by atoms with Crippen molar-refractivity contribution in [2.24, 2.45) is 11.7 Å². The SMILES string of the molecule is CC.CNCCC(=O)N1CCN(CC(C)=O)C(COC(=O)C(C)C)C1.NCCCCC=O. The number of nitrogens with two attached hydrogens (primary N) is 1. The molecule has 0 saturated carbocycles. The minimum atomic E-state index is -0.258. The van der Waals surface area contributed by atoms with E-state index in [0.29, 0.717) is 52.1 Å². The second-order valence-corrected chi connectivity index (χ2v) is 7.76. The van der Waals surface area contributed by atoms with Crippen molar-refractivity contribution in [3.8, 4) is 0 Å². The molecule has 0 aliphatic carbocycles. The number of hydrogen-bond acceptors (Lipinski definition) is 8. The van der Waals surface area contributed by atoms with Gasteiger partial charge >= 0.3 is 5.97 Å². The molecule has 188 valence electrons. The van der Waals surface area contributed by atoms with E-state index in [1.807, 2.05) is 25.8 Å². The summed E-state index contributed by atoms with van der Waals surface area (Å²) in [6, 6.07) is -0.131. The van der Waals surface area contributed by atoms with Crippen LogP contribution in [0.1, 0.15) is 60.3 Å². The first kappa shape index (κ1) is 32.3. The average molecular weight is 459 g/mol. The van der Waals surface area contributed by atoms with E-state index in [0.717, 1.165) is 19.1 Å². The first-order valence-electron chi connectivity index (χ1n) is 11.7. The van der Waals surface area contributed by atoms with Gasteiger partial charge in [0.25, 0.3) is 0 Å². The number of Topliss-reactive ketones (excluding diaryl/α,β-unsaturated/α-hetero) is 1. The highest BCUT2D eigenvalue weighted by Crippen LogP contribution is 2.12. The van der Waals surface area contributed by atoms with Crippen LogP contribution in [0.25, 0.3) is 0 Å². The van der Waals surface area contributed by atoms with Gasteiger partial charge < -0.3 is 25.5 Å². The smallest absolute Gasteiger partial charge is 0.308 e. The van der Waals surface area contributed by atoms with Crippen molar-refractivity contribution in [3.05, 3.63) is 0 Å². The number of aldehydes is 1. The number of ether oxygens (including phenoxy) is 1. The number of hydrogen-bond donors (Lipinski definition) is 2. The Labute approximate surface area is 194 Å². The number of ketones is 1. The highest BCUT2D eigenvalue weighted by atomic mass is 16.5. The largest absolute Gasteiger partial charge is 0.464 e. The lowest BCUT2D eigenvalue weighted by atomic mass is 10.1. The summed E-state index contributed by atoms with van der Waals surface area (Å²) in [6.07, 6.45) is 3.95. The standard InChI is InChI=1S/C16H29N3O4.C5H11NO.C2H6/c1-12(2)16(22)23-11-14-10-19(15(21)5-6-17-4)8-7-18(14)9-13(3)20;6-4-2-1-3-5-7;1-2/h12,14,17H,5-11H2,1-4H3;5H,1-4,6H2;1-2H3. The summed E-state index contributed by atoms with van der Waals surface area (Å²) in [6.45, 7) is 12.7. The molecule has 1 aliphatic rings. The van der Waals surface area contributed by atoms with E-state index in [2.05, 4.69) is 5.32 Å². The van der Waals surface area contributed by atoms with E-state index >= 15 is 0 Å². The Hall–Kier alpha value is -1.84. The first-order chi connectivity index (χ1) is 15.3. The van der Waals surface area contributed by atoms with Crippen LogP contribution >= 0.6 is 0 Å². The lowest BCUT2D eigenvalue weighted by Gasteiger charge is -2.40. The van der Waals surface area contributed by atoms with Gasteiger partial charge in [0.15, 0.2) is 0 Å². The molecule has 0 aromatic heterocycles. The van der Waals surface area contributed by atoms with Crippen LogP contribution in [0.15, 0.2) is 0 Å².